The maximum absolute atomic E-state index is 11.4. The average molecular weight is 197 g/mol. The van der Waals surface area contributed by atoms with E-state index in [0.717, 1.165) is 0 Å². The second kappa shape index (κ2) is 4.37. The molecular weight excluding hydrogens is 182 g/mol. The highest BCUT2D eigenvalue weighted by Gasteiger charge is 2.15. The van der Waals surface area contributed by atoms with Gasteiger partial charge in [-0.2, -0.15) is 0 Å². The molecule has 0 unspecified atom stereocenters. The van der Waals surface area contributed by atoms with Crippen molar-refractivity contribution in [3.05, 3.63) is 18.0 Å². The zero-order valence-corrected chi connectivity index (χ0v) is 8.49. The molecule has 0 saturated carbocycles. The zero-order chi connectivity index (χ0) is 10.6. The first kappa shape index (κ1) is 10.9. The number of carbonyl (C=O) groups excluding carboxylic acids is 1. The first-order valence-electron chi connectivity index (χ1n) is 4.61. The number of aliphatic hydroxyl groups is 1. The number of nitrogens with zero attached hydrogens (tertiary/aromatic N) is 1. The Bertz CT molecular complexity index is 285. The Morgan fingerprint density at radius 2 is 2.36 bits per heavy atom. The van der Waals surface area contributed by atoms with Gasteiger partial charge >= 0.3 is 0 Å². The summed E-state index contributed by atoms with van der Waals surface area (Å²) in [5, 5.41) is 12.9. The number of aromatic nitrogens is 1. The lowest BCUT2D eigenvalue weighted by Crippen LogP contribution is -2.20. The minimum Gasteiger partial charge on any atom is -0.390 e. The number of rotatable bonds is 5. The quantitative estimate of drug-likeness (QED) is 0.773. The Morgan fingerprint density at radius 3 is 2.86 bits per heavy atom. The van der Waals surface area contributed by atoms with Gasteiger partial charge in [-0.25, -0.2) is 0 Å². The Hall–Kier alpha value is -1.16. The molecule has 0 atom stereocenters. The lowest BCUT2D eigenvalue weighted by molar-refractivity contribution is -0.119. The van der Waals surface area contributed by atoms with Crippen molar-refractivity contribution in [3.8, 4) is 0 Å². The van der Waals surface area contributed by atoms with E-state index in [1.165, 1.54) is 6.20 Å². The minimum absolute atomic E-state index is 0.0591. The average Bonchev–Trinajstić information content (AvgIpc) is 2.52. The van der Waals surface area contributed by atoms with Crippen molar-refractivity contribution in [3.63, 3.8) is 0 Å². The highest BCUT2D eigenvalue weighted by molar-refractivity contribution is 5.80. The summed E-state index contributed by atoms with van der Waals surface area (Å²) in [5.74, 6) is 0.634. The normalized spacial score (nSPS) is 11.6. The van der Waals surface area contributed by atoms with Gasteiger partial charge < -0.3 is 9.63 Å². The van der Waals surface area contributed by atoms with E-state index in [9.17, 15) is 9.90 Å². The molecule has 4 heteroatoms. The monoisotopic (exact) mass is 197 g/mol. The van der Waals surface area contributed by atoms with Gasteiger partial charge in [-0.05, 0) is 20.3 Å². The van der Waals surface area contributed by atoms with E-state index in [2.05, 4.69) is 5.16 Å². The Labute approximate surface area is 82.9 Å². The van der Waals surface area contributed by atoms with Gasteiger partial charge in [0, 0.05) is 12.5 Å². The van der Waals surface area contributed by atoms with Crippen LogP contribution >= 0.6 is 0 Å². The molecule has 0 aliphatic carbocycles. The Kier molecular flexibility index (Phi) is 3.41. The summed E-state index contributed by atoms with van der Waals surface area (Å²) in [6.07, 6.45) is 2.61. The molecule has 0 saturated heterocycles. The van der Waals surface area contributed by atoms with Crippen molar-refractivity contribution in [2.45, 2.75) is 38.7 Å². The van der Waals surface area contributed by atoms with E-state index in [1.807, 2.05) is 0 Å². The molecule has 1 aromatic heterocycles. The number of Topliss-reactive ketones (excluding diaryl/α,β-unsaturated/α-hetero) is 1. The molecule has 1 N–H and O–H groups in total. The Balaban J connectivity index is 2.30. The smallest absolute Gasteiger partial charge is 0.144 e. The van der Waals surface area contributed by atoms with Crippen LogP contribution in [0.25, 0.3) is 0 Å². The highest BCUT2D eigenvalue weighted by Crippen LogP contribution is 2.11. The maximum atomic E-state index is 11.4. The molecule has 0 amide bonds. The van der Waals surface area contributed by atoms with Crippen LogP contribution in [0.15, 0.2) is 16.8 Å². The molecule has 78 valence electrons. The van der Waals surface area contributed by atoms with E-state index in [-0.39, 0.29) is 12.2 Å². The molecule has 0 aromatic carbocycles. The van der Waals surface area contributed by atoms with Gasteiger partial charge in [0.2, 0.25) is 0 Å². The molecule has 4 nitrogen and oxygen atoms in total. The first-order chi connectivity index (χ1) is 6.47. The fourth-order valence-electron chi connectivity index (χ4n) is 1.06. The maximum Gasteiger partial charge on any atom is 0.144 e. The molecule has 0 aliphatic rings. The van der Waals surface area contributed by atoms with E-state index in [1.54, 1.807) is 19.9 Å². The number of carbonyl (C=O) groups is 1. The molecule has 1 aromatic rings. The lowest BCUT2D eigenvalue weighted by Gasteiger charge is -2.15. The largest absolute Gasteiger partial charge is 0.390 e. The molecule has 0 bridgehead atoms. The standard InChI is InChI=1S/C10H15NO3/c1-10(2,13)5-3-8(12)7-9-4-6-11-14-9/h4,6,13H,3,5,7H2,1-2H3. The summed E-state index contributed by atoms with van der Waals surface area (Å²) in [6.45, 7) is 3.38. The summed E-state index contributed by atoms with van der Waals surface area (Å²) in [5.41, 5.74) is -0.781. The number of hydrogen-bond donors (Lipinski definition) is 1. The van der Waals surface area contributed by atoms with Crippen molar-refractivity contribution in [2.24, 2.45) is 0 Å². The molecule has 0 aliphatic heterocycles. The van der Waals surface area contributed by atoms with Crippen LogP contribution in [0.5, 0.6) is 0 Å². The van der Waals surface area contributed by atoms with Crippen LogP contribution in [0.3, 0.4) is 0 Å². The van der Waals surface area contributed by atoms with Gasteiger partial charge in [-0.3, -0.25) is 4.79 Å². The number of ketones is 1. The predicted octanol–water partition coefficient (Wildman–Crippen LogP) is 1.34. The van der Waals surface area contributed by atoms with Crippen molar-refractivity contribution in [1.82, 2.24) is 5.16 Å². The first-order valence-corrected chi connectivity index (χ1v) is 4.61. The Morgan fingerprint density at radius 1 is 1.64 bits per heavy atom. The molecule has 14 heavy (non-hydrogen) atoms. The van der Waals surface area contributed by atoms with E-state index < -0.39 is 5.60 Å². The topological polar surface area (TPSA) is 63.3 Å². The predicted molar refractivity (Wildman–Crippen MR) is 50.7 cm³/mol. The van der Waals surface area contributed by atoms with Crippen molar-refractivity contribution in [2.75, 3.05) is 0 Å². The van der Waals surface area contributed by atoms with E-state index in [0.29, 0.717) is 18.6 Å². The van der Waals surface area contributed by atoms with Crippen LogP contribution < -0.4 is 0 Å². The minimum atomic E-state index is -0.781. The van der Waals surface area contributed by atoms with Crippen molar-refractivity contribution < 1.29 is 14.4 Å². The third kappa shape index (κ3) is 4.18. The zero-order valence-electron chi connectivity index (χ0n) is 8.49. The van der Waals surface area contributed by atoms with Crippen molar-refractivity contribution in [1.29, 1.82) is 0 Å². The fraction of sp³-hybridized carbons (Fsp3) is 0.600. The van der Waals surface area contributed by atoms with Crippen LogP contribution in [0.4, 0.5) is 0 Å². The molecule has 0 spiro atoms. The van der Waals surface area contributed by atoms with Gasteiger partial charge in [-0.1, -0.05) is 5.16 Å². The summed E-state index contributed by atoms with van der Waals surface area (Å²) >= 11 is 0. The van der Waals surface area contributed by atoms with Crippen LogP contribution in [0.1, 0.15) is 32.4 Å². The summed E-state index contributed by atoms with van der Waals surface area (Å²) in [6, 6.07) is 1.67. The number of hydrogen-bond acceptors (Lipinski definition) is 4. The second-order valence-corrected chi connectivity index (χ2v) is 4.01. The molecule has 1 heterocycles. The van der Waals surface area contributed by atoms with Crippen LogP contribution in [-0.2, 0) is 11.2 Å². The van der Waals surface area contributed by atoms with E-state index >= 15 is 0 Å². The highest BCUT2D eigenvalue weighted by atomic mass is 16.5. The van der Waals surface area contributed by atoms with Gasteiger partial charge in [-0.15, -0.1) is 0 Å². The van der Waals surface area contributed by atoms with Gasteiger partial charge in [0.15, 0.2) is 0 Å². The van der Waals surface area contributed by atoms with Gasteiger partial charge in [0.25, 0.3) is 0 Å². The SMILES string of the molecule is CC(C)(O)CCC(=O)Cc1ccno1. The third-order valence-electron chi connectivity index (χ3n) is 1.88. The summed E-state index contributed by atoms with van der Waals surface area (Å²) in [7, 11) is 0. The summed E-state index contributed by atoms with van der Waals surface area (Å²) < 4.78 is 4.80. The van der Waals surface area contributed by atoms with Crippen LogP contribution in [0, 0.1) is 0 Å². The van der Waals surface area contributed by atoms with Crippen LogP contribution in [-0.4, -0.2) is 21.6 Å². The van der Waals surface area contributed by atoms with Crippen LogP contribution in [0.2, 0.25) is 0 Å². The van der Waals surface area contributed by atoms with E-state index in [4.69, 9.17) is 4.52 Å². The summed E-state index contributed by atoms with van der Waals surface area (Å²) in [4.78, 5) is 11.4. The molecule has 1 rings (SSSR count). The van der Waals surface area contributed by atoms with Gasteiger partial charge in [0.1, 0.15) is 11.5 Å². The molecular formula is C10H15NO3. The second-order valence-electron chi connectivity index (χ2n) is 4.01. The fourth-order valence-corrected chi connectivity index (χ4v) is 1.06. The lowest BCUT2D eigenvalue weighted by atomic mass is 10.00. The van der Waals surface area contributed by atoms with Crippen molar-refractivity contribution >= 4 is 5.78 Å². The molecule has 0 fully saturated rings. The third-order valence-corrected chi connectivity index (χ3v) is 1.88. The molecule has 0 radical (unpaired) electrons. The van der Waals surface area contributed by atoms with Gasteiger partial charge in [0.05, 0.1) is 18.2 Å².